The van der Waals surface area contributed by atoms with E-state index >= 15 is 0 Å². The highest BCUT2D eigenvalue weighted by Gasteiger charge is 2.69. The fraction of sp³-hybridized carbons (Fsp3) is 0.824. The summed E-state index contributed by atoms with van der Waals surface area (Å²) in [5.74, 6) is -2.41. The first-order chi connectivity index (χ1) is 21.5. The van der Waals surface area contributed by atoms with Gasteiger partial charge in [-0.15, -0.1) is 0 Å². The molecule has 3 saturated carbocycles. The molecule has 0 aromatic rings. The zero-order chi connectivity index (χ0) is 32.3. The largest absolute Gasteiger partial charge is 0.363 e. The van der Waals surface area contributed by atoms with Gasteiger partial charge >= 0.3 is 6.03 Å². The molecular formula is C34H53N5O6. The molecule has 5 amide bonds. The molecule has 45 heavy (non-hydrogen) atoms. The van der Waals surface area contributed by atoms with E-state index < -0.39 is 47.8 Å². The number of carbonyl (C=O) groups excluding carboxylic acids is 6. The number of piperidine rings is 1. The van der Waals surface area contributed by atoms with E-state index in [1.165, 1.54) is 0 Å². The molecule has 11 heteroatoms. The van der Waals surface area contributed by atoms with Crippen LogP contribution in [0.15, 0.2) is 0 Å². The van der Waals surface area contributed by atoms with Crippen molar-refractivity contribution >= 4 is 35.3 Å². The highest BCUT2D eigenvalue weighted by Crippen LogP contribution is 2.65. The summed E-state index contributed by atoms with van der Waals surface area (Å²) in [5.41, 5.74) is 5.18. The number of Topliss-reactive ketones (excluding diaryl/α,β-unsaturated/α-hetero) is 2. The SMILES string of the molecule is CC1(C)[C@@H]2[C@H]3C(=O)N[C@@H](C(=O)C(N)=O)CCCCCCCCC[C@@H](NC(=O)N[C@H](C(=O)C4CC4)C4CCCCC4)C(=O)N3C[C@@H]21. The molecule has 5 rings (SSSR count). The van der Waals surface area contributed by atoms with Gasteiger partial charge in [-0.05, 0) is 61.7 Å². The number of carbonyl (C=O) groups is 6. The predicted octanol–water partition coefficient (Wildman–Crippen LogP) is 3.13. The highest BCUT2D eigenvalue weighted by atomic mass is 16.2. The fourth-order valence-electron chi connectivity index (χ4n) is 8.40. The molecule has 5 N–H and O–H groups in total. The molecule has 3 aliphatic carbocycles. The smallest absolute Gasteiger partial charge is 0.316 e. The summed E-state index contributed by atoms with van der Waals surface area (Å²) in [6.45, 7) is 4.54. The van der Waals surface area contributed by atoms with Gasteiger partial charge in [0.1, 0.15) is 12.1 Å². The number of hydrogen-bond donors (Lipinski definition) is 4. The second-order valence-corrected chi connectivity index (χ2v) is 15.0. The Bertz CT molecular complexity index is 1160. The van der Waals surface area contributed by atoms with Crippen molar-refractivity contribution in [3.05, 3.63) is 0 Å². The lowest BCUT2D eigenvalue weighted by molar-refractivity contribution is -0.143. The summed E-state index contributed by atoms with van der Waals surface area (Å²) in [6.07, 6.45) is 13.7. The summed E-state index contributed by atoms with van der Waals surface area (Å²) < 4.78 is 0. The van der Waals surface area contributed by atoms with Crippen LogP contribution in [0.2, 0.25) is 0 Å². The van der Waals surface area contributed by atoms with E-state index in [-0.39, 0.29) is 40.8 Å². The molecular weight excluding hydrogens is 574 g/mol. The van der Waals surface area contributed by atoms with Gasteiger partial charge in [-0.2, -0.15) is 0 Å². The van der Waals surface area contributed by atoms with E-state index in [0.29, 0.717) is 25.8 Å². The number of nitrogens with zero attached hydrogens (tertiary/aromatic N) is 1. The highest BCUT2D eigenvalue weighted by molar-refractivity contribution is 6.37. The van der Waals surface area contributed by atoms with Crippen LogP contribution in [0.4, 0.5) is 4.79 Å². The molecule has 2 aliphatic heterocycles. The summed E-state index contributed by atoms with van der Waals surface area (Å²) >= 11 is 0. The van der Waals surface area contributed by atoms with Crippen LogP contribution in [0.25, 0.3) is 0 Å². The first-order valence-electron chi connectivity index (χ1n) is 17.6. The quantitative estimate of drug-likeness (QED) is 0.316. The molecule has 0 spiro atoms. The van der Waals surface area contributed by atoms with Gasteiger partial charge < -0.3 is 26.6 Å². The van der Waals surface area contributed by atoms with Crippen molar-refractivity contribution in [1.82, 2.24) is 20.9 Å². The van der Waals surface area contributed by atoms with E-state index in [2.05, 4.69) is 29.8 Å². The maximum Gasteiger partial charge on any atom is 0.316 e. The molecule has 2 heterocycles. The minimum absolute atomic E-state index is 0.0192. The van der Waals surface area contributed by atoms with Crippen LogP contribution in [0.5, 0.6) is 0 Å². The Hall–Kier alpha value is -2.98. The van der Waals surface area contributed by atoms with Crippen molar-refractivity contribution in [2.75, 3.05) is 6.54 Å². The zero-order valence-corrected chi connectivity index (χ0v) is 27.1. The Morgan fingerprint density at radius 2 is 1.42 bits per heavy atom. The van der Waals surface area contributed by atoms with Crippen molar-refractivity contribution in [3.63, 3.8) is 0 Å². The van der Waals surface area contributed by atoms with Crippen LogP contribution in [0.3, 0.4) is 0 Å². The van der Waals surface area contributed by atoms with Gasteiger partial charge in [-0.1, -0.05) is 78.1 Å². The van der Waals surface area contributed by atoms with Crippen LogP contribution in [0.1, 0.15) is 117 Å². The average Bonchev–Trinajstić information content (AvgIpc) is 3.90. The Labute approximate surface area is 266 Å². The molecule has 5 fully saturated rings. The third kappa shape index (κ3) is 7.71. The number of ketones is 2. The topological polar surface area (TPSA) is 168 Å². The van der Waals surface area contributed by atoms with Crippen molar-refractivity contribution in [3.8, 4) is 0 Å². The lowest BCUT2D eigenvalue weighted by Gasteiger charge is -2.34. The molecule has 11 nitrogen and oxygen atoms in total. The molecule has 0 bridgehead atoms. The van der Waals surface area contributed by atoms with Gasteiger partial charge in [0.2, 0.25) is 17.6 Å². The molecule has 0 aromatic heterocycles. The molecule has 250 valence electrons. The maximum atomic E-state index is 14.2. The maximum absolute atomic E-state index is 14.2. The summed E-state index contributed by atoms with van der Waals surface area (Å²) in [4.78, 5) is 80.9. The Balaban J connectivity index is 1.34. The molecule has 6 atom stereocenters. The van der Waals surface area contributed by atoms with Gasteiger partial charge in [0.25, 0.3) is 5.91 Å². The Kier molecular flexibility index (Phi) is 10.5. The Morgan fingerprint density at radius 1 is 0.844 bits per heavy atom. The number of rotatable bonds is 7. The minimum Gasteiger partial charge on any atom is -0.363 e. The van der Waals surface area contributed by atoms with Gasteiger partial charge in [0.05, 0.1) is 12.1 Å². The third-order valence-electron chi connectivity index (χ3n) is 11.4. The lowest BCUT2D eigenvalue weighted by Crippen LogP contribution is -2.59. The average molecular weight is 628 g/mol. The molecule has 5 aliphatic rings. The number of nitrogens with two attached hydrogens (primary N) is 1. The zero-order valence-electron chi connectivity index (χ0n) is 27.1. The van der Waals surface area contributed by atoms with Gasteiger partial charge in [0.15, 0.2) is 5.78 Å². The van der Waals surface area contributed by atoms with Crippen molar-refractivity contribution in [2.45, 2.75) is 141 Å². The molecule has 2 saturated heterocycles. The number of urea groups is 1. The number of amides is 5. The number of hydrogen-bond acceptors (Lipinski definition) is 6. The van der Waals surface area contributed by atoms with Crippen LogP contribution in [0, 0.1) is 29.1 Å². The van der Waals surface area contributed by atoms with Crippen LogP contribution < -0.4 is 21.7 Å². The number of nitrogens with one attached hydrogen (secondary N) is 3. The Morgan fingerprint density at radius 3 is 2.04 bits per heavy atom. The van der Waals surface area contributed by atoms with Gasteiger partial charge in [0, 0.05) is 12.5 Å². The third-order valence-corrected chi connectivity index (χ3v) is 11.4. The van der Waals surface area contributed by atoms with E-state index in [1.807, 2.05) is 0 Å². The molecule has 0 aromatic carbocycles. The van der Waals surface area contributed by atoms with Crippen molar-refractivity contribution in [1.29, 1.82) is 0 Å². The normalized spacial score (nSPS) is 32.0. The van der Waals surface area contributed by atoms with Crippen molar-refractivity contribution < 1.29 is 28.8 Å². The van der Waals surface area contributed by atoms with Gasteiger partial charge in [-0.3, -0.25) is 24.0 Å². The standard InChI is InChI=1S/C34H53N5O6/c1-34(2)22-19-39-27(25(22)34)31(43)36-23(29(41)30(35)42)15-11-6-4-3-5-7-12-16-24(32(39)44)37-33(45)38-26(28(40)21-17-18-21)20-13-9-8-10-14-20/h20-27H,3-19H2,1-2H3,(H2,35,42)(H,36,43)(H2,37,38,45)/t22-,23+,24+,25-,26-,27-/m0/s1. The second-order valence-electron chi connectivity index (χ2n) is 15.0. The molecule has 0 radical (unpaired) electrons. The van der Waals surface area contributed by atoms with Crippen LogP contribution in [-0.2, 0) is 24.0 Å². The second kappa shape index (κ2) is 14.2. The minimum atomic E-state index is -1.08. The van der Waals surface area contributed by atoms with Crippen LogP contribution in [-0.4, -0.2) is 70.9 Å². The monoisotopic (exact) mass is 627 g/mol. The van der Waals surface area contributed by atoms with E-state index in [4.69, 9.17) is 5.73 Å². The number of primary amides is 1. The van der Waals surface area contributed by atoms with E-state index in [0.717, 1.165) is 83.5 Å². The summed E-state index contributed by atoms with van der Waals surface area (Å²) in [6, 6.07) is -3.74. The predicted molar refractivity (Wildman–Crippen MR) is 167 cm³/mol. The fourth-order valence-corrected chi connectivity index (χ4v) is 8.40. The summed E-state index contributed by atoms with van der Waals surface area (Å²) in [7, 11) is 0. The first-order valence-corrected chi connectivity index (χ1v) is 17.6. The van der Waals surface area contributed by atoms with Crippen LogP contribution >= 0.6 is 0 Å². The van der Waals surface area contributed by atoms with Gasteiger partial charge in [-0.25, -0.2) is 4.79 Å². The summed E-state index contributed by atoms with van der Waals surface area (Å²) in [5, 5.41) is 8.72. The van der Waals surface area contributed by atoms with Crippen molar-refractivity contribution in [2.24, 2.45) is 34.8 Å². The van der Waals surface area contributed by atoms with E-state index in [1.54, 1.807) is 4.90 Å². The molecule has 0 unspecified atom stereocenters. The number of fused-ring (bicyclic) bond motifs is 3. The first kappa shape index (κ1) is 33.4. The lowest BCUT2D eigenvalue weighted by atomic mass is 9.81. The van der Waals surface area contributed by atoms with E-state index in [9.17, 15) is 28.8 Å².